The molecule has 0 spiro atoms. The molecule has 0 fully saturated rings. The maximum atomic E-state index is 15.1. The van der Waals surface area contributed by atoms with E-state index in [1.807, 2.05) is 0 Å². The summed E-state index contributed by atoms with van der Waals surface area (Å²) >= 11 is 0. The fourth-order valence-corrected chi connectivity index (χ4v) is 3.84. The smallest absolute Gasteiger partial charge is 0.399 e. The third-order valence-corrected chi connectivity index (χ3v) is 5.50. The molecule has 0 radical (unpaired) electrons. The monoisotopic (exact) mass is 490 g/mol. The highest BCUT2D eigenvalue weighted by atomic mass is 19.4. The zero-order valence-electron chi connectivity index (χ0n) is 18.6. The molecule has 0 unspecified atom stereocenters. The molecule has 3 aromatic carbocycles. The first-order valence-corrected chi connectivity index (χ1v) is 10.9. The van der Waals surface area contributed by atoms with E-state index >= 15 is 4.39 Å². The van der Waals surface area contributed by atoms with Crippen molar-refractivity contribution in [2.24, 2.45) is 0 Å². The lowest BCUT2D eigenvalue weighted by molar-refractivity contribution is -0.276. The molecule has 0 atom stereocenters. The SMILES string of the molecule is CCCc1cnc(-c2ccc3c(F)c(CCc4cc(F)c(OC(F)(F)F)c(F)c4)ccc3c2)nc1. The summed E-state index contributed by atoms with van der Waals surface area (Å²) in [4.78, 5) is 8.76. The van der Waals surface area contributed by atoms with Crippen LogP contribution in [-0.2, 0) is 19.3 Å². The van der Waals surface area contributed by atoms with Gasteiger partial charge in [0.15, 0.2) is 17.5 Å². The lowest BCUT2D eigenvalue weighted by Crippen LogP contribution is -2.19. The quantitative estimate of drug-likeness (QED) is 0.254. The van der Waals surface area contributed by atoms with E-state index in [4.69, 9.17) is 0 Å². The molecule has 0 aliphatic rings. The Morgan fingerprint density at radius 1 is 0.800 bits per heavy atom. The van der Waals surface area contributed by atoms with Crippen molar-refractivity contribution in [1.82, 2.24) is 9.97 Å². The van der Waals surface area contributed by atoms with E-state index in [-0.39, 0.29) is 18.4 Å². The van der Waals surface area contributed by atoms with Crippen LogP contribution in [0.3, 0.4) is 0 Å². The molecule has 0 saturated heterocycles. The van der Waals surface area contributed by atoms with Gasteiger partial charge in [0.25, 0.3) is 0 Å². The van der Waals surface area contributed by atoms with Gasteiger partial charge in [-0.05, 0) is 59.5 Å². The van der Waals surface area contributed by atoms with E-state index in [0.717, 1.165) is 36.1 Å². The fourth-order valence-electron chi connectivity index (χ4n) is 3.84. The Hall–Kier alpha value is -3.62. The number of ether oxygens (including phenoxy) is 1. The van der Waals surface area contributed by atoms with Gasteiger partial charge in [0.1, 0.15) is 5.82 Å². The summed E-state index contributed by atoms with van der Waals surface area (Å²) in [7, 11) is 0. The summed E-state index contributed by atoms with van der Waals surface area (Å²) in [6.07, 6.45) is 0.295. The van der Waals surface area contributed by atoms with Crippen molar-refractivity contribution in [2.75, 3.05) is 0 Å². The number of halogens is 6. The van der Waals surface area contributed by atoms with Gasteiger partial charge in [0.2, 0.25) is 5.75 Å². The zero-order valence-corrected chi connectivity index (χ0v) is 18.6. The van der Waals surface area contributed by atoms with E-state index in [1.165, 1.54) is 0 Å². The van der Waals surface area contributed by atoms with Gasteiger partial charge in [0.05, 0.1) is 0 Å². The molecule has 9 heteroatoms. The summed E-state index contributed by atoms with van der Waals surface area (Å²) in [6, 6.07) is 9.91. The number of hydrogen-bond donors (Lipinski definition) is 0. The Kier molecular flexibility index (Phi) is 6.95. The molecule has 0 aliphatic carbocycles. The van der Waals surface area contributed by atoms with Crippen LogP contribution in [0.4, 0.5) is 26.3 Å². The molecule has 4 aromatic rings. The largest absolute Gasteiger partial charge is 0.573 e. The number of fused-ring (bicyclic) bond motifs is 1. The normalized spacial score (nSPS) is 11.7. The van der Waals surface area contributed by atoms with Crippen LogP contribution in [0, 0.1) is 17.5 Å². The number of aryl methyl sites for hydroxylation is 3. The van der Waals surface area contributed by atoms with E-state index < -0.39 is 29.6 Å². The van der Waals surface area contributed by atoms with Gasteiger partial charge < -0.3 is 4.74 Å². The van der Waals surface area contributed by atoms with Gasteiger partial charge in [-0.3, -0.25) is 0 Å². The summed E-state index contributed by atoms with van der Waals surface area (Å²) in [5, 5.41) is 0.996. The van der Waals surface area contributed by atoms with Crippen molar-refractivity contribution in [1.29, 1.82) is 0 Å². The molecular formula is C26H20F6N2O. The first-order valence-electron chi connectivity index (χ1n) is 10.9. The summed E-state index contributed by atoms with van der Waals surface area (Å²) in [5.74, 6) is -4.43. The maximum absolute atomic E-state index is 15.1. The molecule has 0 bridgehead atoms. The van der Waals surface area contributed by atoms with Crippen LogP contribution in [0.2, 0.25) is 0 Å². The lowest BCUT2D eigenvalue weighted by atomic mass is 9.98. The summed E-state index contributed by atoms with van der Waals surface area (Å²) < 4.78 is 83.3. The van der Waals surface area contributed by atoms with Crippen molar-refractivity contribution in [3.8, 4) is 17.1 Å². The number of rotatable bonds is 7. The van der Waals surface area contributed by atoms with Crippen molar-refractivity contribution in [2.45, 2.75) is 39.0 Å². The topological polar surface area (TPSA) is 35.0 Å². The predicted octanol–water partition coefficient (Wildman–Crippen LogP) is 7.35. The highest BCUT2D eigenvalue weighted by Crippen LogP contribution is 2.31. The van der Waals surface area contributed by atoms with Gasteiger partial charge in [0, 0.05) is 23.3 Å². The molecule has 0 amide bonds. The zero-order chi connectivity index (χ0) is 25.2. The van der Waals surface area contributed by atoms with Crippen molar-refractivity contribution in [3.63, 3.8) is 0 Å². The molecule has 35 heavy (non-hydrogen) atoms. The van der Waals surface area contributed by atoms with Crippen LogP contribution < -0.4 is 4.74 Å². The van der Waals surface area contributed by atoms with Crippen molar-refractivity contribution < 1.29 is 31.1 Å². The molecule has 0 N–H and O–H groups in total. The second-order valence-corrected chi connectivity index (χ2v) is 8.08. The molecule has 182 valence electrons. The first-order chi connectivity index (χ1) is 16.6. The number of aromatic nitrogens is 2. The second-order valence-electron chi connectivity index (χ2n) is 8.08. The van der Waals surface area contributed by atoms with Gasteiger partial charge >= 0.3 is 6.36 Å². The van der Waals surface area contributed by atoms with E-state index in [2.05, 4.69) is 21.6 Å². The Morgan fingerprint density at radius 2 is 1.49 bits per heavy atom. The Labute approximate surface area is 197 Å². The standard InChI is InChI=1S/C26H20F6N2O/c1-2-3-16-13-33-25(34-14-16)19-8-9-20-18(12-19)7-6-17(23(20)29)5-4-15-10-21(27)24(22(28)11-15)35-26(30,31)32/h6-14H,2-5H2,1H3. The molecular weight excluding hydrogens is 470 g/mol. The van der Waals surface area contributed by atoms with Crippen LogP contribution in [0.25, 0.3) is 22.2 Å². The van der Waals surface area contributed by atoms with E-state index in [9.17, 15) is 22.0 Å². The fraction of sp³-hybridized carbons (Fsp3) is 0.231. The minimum atomic E-state index is -5.22. The first kappa shape index (κ1) is 24.5. The minimum absolute atomic E-state index is 0.0125. The number of hydrogen-bond acceptors (Lipinski definition) is 3. The van der Waals surface area contributed by atoms with Crippen molar-refractivity contribution in [3.05, 3.63) is 89.0 Å². The van der Waals surface area contributed by atoms with Gasteiger partial charge in [-0.1, -0.05) is 37.6 Å². The molecule has 1 aromatic heterocycles. The van der Waals surface area contributed by atoms with E-state index in [1.54, 1.807) is 42.7 Å². The van der Waals surface area contributed by atoms with Crippen LogP contribution >= 0.6 is 0 Å². The number of alkyl halides is 3. The summed E-state index contributed by atoms with van der Waals surface area (Å²) in [6.45, 7) is 2.07. The Balaban J connectivity index is 1.53. The molecule has 0 saturated carbocycles. The average Bonchev–Trinajstić information content (AvgIpc) is 2.81. The number of benzene rings is 3. The second kappa shape index (κ2) is 9.93. The predicted molar refractivity (Wildman–Crippen MR) is 119 cm³/mol. The molecule has 3 nitrogen and oxygen atoms in total. The summed E-state index contributed by atoms with van der Waals surface area (Å²) in [5.41, 5.74) is 2.16. The van der Waals surface area contributed by atoms with Gasteiger partial charge in [-0.2, -0.15) is 0 Å². The van der Waals surface area contributed by atoms with Gasteiger partial charge in [-0.15, -0.1) is 13.2 Å². The maximum Gasteiger partial charge on any atom is 0.573 e. The minimum Gasteiger partial charge on any atom is -0.399 e. The van der Waals surface area contributed by atoms with Crippen LogP contribution in [0.1, 0.15) is 30.0 Å². The Bertz CT molecular complexity index is 1330. The highest BCUT2D eigenvalue weighted by Gasteiger charge is 2.34. The Morgan fingerprint density at radius 3 is 2.11 bits per heavy atom. The molecule has 0 aliphatic heterocycles. The van der Waals surface area contributed by atoms with E-state index in [0.29, 0.717) is 22.2 Å². The van der Waals surface area contributed by atoms with Gasteiger partial charge in [-0.25, -0.2) is 23.1 Å². The van der Waals surface area contributed by atoms with Crippen LogP contribution in [0.5, 0.6) is 5.75 Å². The number of nitrogens with zero attached hydrogens (tertiary/aromatic N) is 2. The molecule has 4 rings (SSSR count). The van der Waals surface area contributed by atoms with Crippen molar-refractivity contribution >= 4 is 10.8 Å². The van der Waals surface area contributed by atoms with Crippen LogP contribution in [-0.4, -0.2) is 16.3 Å². The highest BCUT2D eigenvalue weighted by molar-refractivity contribution is 5.87. The average molecular weight is 490 g/mol. The lowest BCUT2D eigenvalue weighted by Gasteiger charge is -2.12. The third-order valence-electron chi connectivity index (χ3n) is 5.50. The molecule has 1 heterocycles. The van der Waals surface area contributed by atoms with Crippen LogP contribution in [0.15, 0.2) is 54.9 Å². The third kappa shape index (κ3) is 5.72.